The molecule has 1 saturated heterocycles. The van der Waals surface area contributed by atoms with E-state index in [1.807, 2.05) is 16.9 Å². The SMILES string of the molecule is CCC(CC)n1ccc(CC(=O)C2CCCCO2)n1. The Labute approximate surface area is 115 Å². The Balaban J connectivity index is 1.93. The summed E-state index contributed by atoms with van der Waals surface area (Å²) >= 11 is 0. The van der Waals surface area contributed by atoms with Gasteiger partial charge in [0.05, 0.1) is 18.2 Å². The van der Waals surface area contributed by atoms with Crippen LogP contribution in [0.5, 0.6) is 0 Å². The third-order valence-corrected chi connectivity index (χ3v) is 3.87. The normalized spacial score (nSPS) is 19.8. The van der Waals surface area contributed by atoms with Crippen LogP contribution in [0.1, 0.15) is 57.7 Å². The predicted molar refractivity (Wildman–Crippen MR) is 74.1 cm³/mol. The number of ether oxygens (including phenoxy) is 1. The molecule has 0 amide bonds. The largest absolute Gasteiger partial charge is 0.370 e. The lowest BCUT2D eigenvalue weighted by atomic mass is 10.0. The second-order valence-electron chi connectivity index (χ2n) is 5.26. The minimum absolute atomic E-state index is 0.175. The average molecular weight is 264 g/mol. The van der Waals surface area contributed by atoms with Crippen LogP contribution in [0, 0.1) is 0 Å². The topological polar surface area (TPSA) is 44.1 Å². The maximum absolute atomic E-state index is 12.1. The lowest BCUT2D eigenvalue weighted by molar-refractivity contribution is -0.132. The molecule has 2 rings (SSSR count). The third kappa shape index (κ3) is 3.66. The van der Waals surface area contributed by atoms with Gasteiger partial charge in [0.15, 0.2) is 5.78 Å². The molecule has 0 saturated carbocycles. The van der Waals surface area contributed by atoms with Crippen molar-refractivity contribution in [3.63, 3.8) is 0 Å². The van der Waals surface area contributed by atoms with Crippen LogP contribution in [0.3, 0.4) is 0 Å². The minimum atomic E-state index is -0.202. The summed E-state index contributed by atoms with van der Waals surface area (Å²) in [6.07, 6.45) is 7.36. The van der Waals surface area contributed by atoms with Gasteiger partial charge >= 0.3 is 0 Å². The van der Waals surface area contributed by atoms with Crippen LogP contribution in [0.15, 0.2) is 12.3 Å². The first-order chi connectivity index (χ1) is 9.24. The van der Waals surface area contributed by atoms with Crippen molar-refractivity contribution in [2.45, 2.75) is 64.5 Å². The molecule has 1 aliphatic rings. The van der Waals surface area contributed by atoms with Crippen molar-refractivity contribution in [2.75, 3.05) is 6.61 Å². The molecule has 2 heterocycles. The van der Waals surface area contributed by atoms with Crippen LogP contribution in [0.25, 0.3) is 0 Å². The highest BCUT2D eigenvalue weighted by atomic mass is 16.5. The summed E-state index contributed by atoms with van der Waals surface area (Å²) in [5.41, 5.74) is 0.867. The first-order valence-corrected chi connectivity index (χ1v) is 7.43. The summed E-state index contributed by atoms with van der Waals surface area (Å²) in [5, 5.41) is 4.53. The molecule has 4 nitrogen and oxygen atoms in total. The van der Waals surface area contributed by atoms with E-state index in [1.165, 1.54) is 0 Å². The molecule has 0 N–H and O–H groups in total. The zero-order chi connectivity index (χ0) is 13.7. The van der Waals surface area contributed by atoms with Crippen molar-refractivity contribution < 1.29 is 9.53 Å². The fourth-order valence-electron chi connectivity index (χ4n) is 2.62. The number of carbonyl (C=O) groups excluding carboxylic acids is 1. The third-order valence-electron chi connectivity index (χ3n) is 3.87. The Morgan fingerprint density at radius 1 is 1.47 bits per heavy atom. The smallest absolute Gasteiger partial charge is 0.167 e. The highest BCUT2D eigenvalue weighted by Gasteiger charge is 2.22. The summed E-state index contributed by atoms with van der Waals surface area (Å²) in [4.78, 5) is 12.1. The Kier molecular flexibility index (Phi) is 5.14. The van der Waals surface area contributed by atoms with E-state index in [1.54, 1.807) is 0 Å². The van der Waals surface area contributed by atoms with Crippen molar-refractivity contribution >= 4 is 5.78 Å². The van der Waals surface area contributed by atoms with E-state index in [0.717, 1.165) is 44.4 Å². The van der Waals surface area contributed by atoms with Gasteiger partial charge in [-0.25, -0.2) is 0 Å². The second-order valence-corrected chi connectivity index (χ2v) is 5.26. The highest BCUT2D eigenvalue weighted by molar-refractivity contribution is 5.84. The van der Waals surface area contributed by atoms with Crippen LogP contribution in [-0.4, -0.2) is 28.3 Å². The number of rotatable bonds is 6. The predicted octanol–water partition coefficient (Wildman–Crippen LogP) is 2.92. The molecule has 0 aliphatic carbocycles. The first kappa shape index (κ1) is 14.3. The van der Waals surface area contributed by atoms with Gasteiger partial charge in [-0.15, -0.1) is 0 Å². The molecular formula is C15H24N2O2. The second kappa shape index (κ2) is 6.85. The maximum atomic E-state index is 12.1. The number of nitrogens with zero attached hydrogens (tertiary/aromatic N) is 2. The summed E-state index contributed by atoms with van der Waals surface area (Å²) in [5.74, 6) is 0.175. The molecule has 4 heteroatoms. The van der Waals surface area contributed by atoms with Crippen molar-refractivity contribution in [3.8, 4) is 0 Å². The van der Waals surface area contributed by atoms with Gasteiger partial charge in [-0.3, -0.25) is 9.48 Å². The molecule has 19 heavy (non-hydrogen) atoms. The molecule has 0 bridgehead atoms. The zero-order valence-corrected chi connectivity index (χ0v) is 12.0. The summed E-state index contributed by atoms with van der Waals surface area (Å²) in [6.45, 7) is 5.05. The van der Waals surface area contributed by atoms with Crippen molar-refractivity contribution in [1.82, 2.24) is 9.78 Å². The van der Waals surface area contributed by atoms with E-state index in [-0.39, 0.29) is 11.9 Å². The molecule has 1 aromatic heterocycles. The molecule has 0 aromatic carbocycles. The number of aromatic nitrogens is 2. The van der Waals surface area contributed by atoms with Crippen LogP contribution in [0.2, 0.25) is 0 Å². The number of ketones is 1. The lowest BCUT2D eigenvalue weighted by Crippen LogP contribution is -2.29. The van der Waals surface area contributed by atoms with Gasteiger partial charge in [-0.2, -0.15) is 5.10 Å². The molecule has 0 spiro atoms. The molecule has 1 aliphatic heterocycles. The van der Waals surface area contributed by atoms with E-state index >= 15 is 0 Å². The molecular weight excluding hydrogens is 240 g/mol. The van der Waals surface area contributed by atoms with Gasteiger partial charge in [0.25, 0.3) is 0 Å². The summed E-state index contributed by atoms with van der Waals surface area (Å²) in [6, 6.07) is 2.40. The van der Waals surface area contributed by atoms with Crippen molar-refractivity contribution in [3.05, 3.63) is 18.0 Å². The number of Topliss-reactive ketones (excluding diaryl/α,β-unsaturated/α-hetero) is 1. The quantitative estimate of drug-likeness (QED) is 0.793. The summed E-state index contributed by atoms with van der Waals surface area (Å²) in [7, 11) is 0. The lowest BCUT2D eigenvalue weighted by Gasteiger charge is -2.20. The van der Waals surface area contributed by atoms with E-state index in [2.05, 4.69) is 18.9 Å². The minimum Gasteiger partial charge on any atom is -0.370 e. The summed E-state index contributed by atoms with van der Waals surface area (Å²) < 4.78 is 7.51. The van der Waals surface area contributed by atoms with Crippen LogP contribution in [0.4, 0.5) is 0 Å². The Bertz CT molecular complexity index is 404. The number of hydrogen-bond donors (Lipinski definition) is 0. The van der Waals surface area contributed by atoms with E-state index in [4.69, 9.17) is 4.74 Å². The van der Waals surface area contributed by atoms with Gasteiger partial charge in [-0.1, -0.05) is 13.8 Å². The van der Waals surface area contributed by atoms with Crippen molar-refractivity contribution in [2.24, 2.45) is 0 Å². The molecule has 106 valence electrons. The number of hydrogen-bond acceptors (Lipinski definition) is 3. The van der Waals surface area contributed by atoms with Gasteiger partial charge in [0.2, 0.25) is 0 Å². The zero-order valence-electron chi connectivity index (χ0n) is 12.0. The van der Waals surface area contributed by atoms with Gasteiger partial charge in [-0.05, 0) is 38.2 Å². The molecule has 1 aromatic rings. The van der Waals surface area contributed by atoms with Gasteiger partial charge in [0, 0.05) is 12.8 Å². The van der Waals surface area contributed by atoms with Gasteiger partial charge in [0.1, 0.15) is 6.10 Å². The first-order valence-electron chi connectivity index (χ1n) is 7.43. The highest BCUT2D eigenvalue weighted by Crippen LogP contribution is 2.17. The van der Waals surface area contributed by atoms with Crippen molar-refractivity contribution in [1.29, 1.82) is 0 Å². The Morgan fingerprint density at radius 3 is 2.89 bits per heavy atom. The number of carbonyl (C=O) groups is 1. The average Bonchev–Trinajstić information content (AvgIpc) is 2.89. The maximum Gasteiger partial charge on any atom is 0.167 e. The fourth-order valence-corrected chi connectivity index (χ4v) is 2.62. The van der Waals surface area contributed by atoms with E-state index in [9.17, 15) is 4.79 Å². The van der Waals surface area contributed by atoms with E-state index < -0.39 is 0 Å². The van der Waals surface area contributed by atoms with Gasteiger partial charge < -0.3 is 4.74 Å². The molecule has 1 unspecified atom stereocenters. The molecule has 0 radical (unpaired) electrons. The molecule has 1 fully saturated rings. The molecule has 1 atom stereocenters. The Hall–Kier alpha value is -1.16. The standard InChI is InChI=1S/C15H24N2O2/c1-3-13(4-2)17-9-8-12(16-17)11-14(18)15-7-5-6-10-19-15/h8-9,13,15H,3-7,10-11H2,1-2H3. The van der Waals surface area contributed by atoms with Crippen LogP contribution < -0.4 is 0 Å². The Morgan fingerprint density at radius 2 is 2.26 bits per heavy atom. The fraction of sp³-hybridized carbons (Fsp3) is 0.733. The monoisotopic (exact) mass is 264 g/mol. The van der Waals surface area contributed by atoms with E-state index in [0.29, 0.717) is 12.5 Å². The van der Waals surface area contributed by atoms with Crippen LogP contribution >= 0.6 is 0 Å². The van der Waals surface area contributed by atoms with Crippen LogP contribution in [-0.2, 0) is 16.0 Å².